The molecule has 0 radical (unpaired) electrons. The lowest BCUT2D eigenvalue weighted by Gasteiger charge is -2.14. The maximum absolute atomic E-state index is 12.5. The highest BCUT2D eigenvalue weighted by Gasteiger charge is 2.13. The molecule has 0 amide bonds. The molecule has 1 heterocycles. The Kier molecular flexibility index (Phi) is 4.50. The Morgan fingerprint density at radius 3 is 2.40 bits per heavy atom. The summed E-state index contributed by atoms with van der Waals surface area (Å²) in [5.41, 5.74) is 1.70. The van der Waals surface area contributed by atoms with Crippen LogP contribution in [0.3, 0.4) is 0 Å². The van der Waals surface area contributed by atoms with Gasteiger partial charge in [0.2, 0.25) is 0 Å². The number of halogens is 1. The van der Waals surface area contributed by atoms with Crippen molar-refractivity contribution in [3.8, 4) is 5.75 Å². The van der Waals surface area contributed by atoms with E-state index in [4.69, 9.17) is 16.3 Å². The number of rotatable bonds is 4. The summed E-state index contributed by atoms with van der Waals surface area (Å²) in [7, 11) is 1.58. The van der Waals surface area contributed by atoms with Gasteiger partial charge >= 0.3 is 0 Å². The molecule has 0 atom stereocenters. The van der Waals surface area contributed by atoms with Gasteiger partial charge in [0.1, 0.15) is 5.75 Å². The van der Waals surface area contributed by atoms with E-state index in [0.717, 1.165) is 5.56 Å². The molecule has 2 rings (SSSR count). The first kappa shape index (κ1) is 14.7. The summed E-state index contributed by atoms with van der Waals surface area (Å²) in [5, 5.41) is 0.688. The Labute approximate surface area is 123 Å². The van der Waals surface area contributed by atoms with Crippen LogP contribution < -0.4 is 10.3 Å². The zero-order valence-corrected chi connectivity index (χ0v) is 12.6. The largest absolute Gasteiger partial charge is 0.496 e. The van der Waals surface area contributed by atoms with Crippen LogP contribution in [0.4, 0.5) is 0 Å². The van der Waals surface area contributed by atoms with E-state index in [9.17, 15) is 4.79 Å². The highest BCUT2D eigenvalue weighted by molar-refractivity contribution is 6.30. The van der Waals surface area contributed by atoms with Crippen LogP contribution in [0.15, 0.2) is 41.3 Å². The van der Waals surface area contributed by atoms with Crippen molar-refractivity contribution in [1.82, 2.24) is 4.57 Å². The van der Waals surface area contributed by atoms with E-state index in [-0.39, 0.29) is 11.6 Å². The first-order valence-corrected chi connectivity index (χ1v) is 6.93. The van der Waals surface area contributed by atoms with E-state index < -0.39 is 0 Å². The van der Waals surface area contributed by atoms with Crippen LogP contribution >= 0.6 is 11.6 Å². The van der Waals surface area contributed by atoms with Gasteiger partial charge in [0.15, 0.2) is 0 Å². The van der Waals surface area contributed by atoms with Crippen molar-refractivity contribution in [2.24, 2.45) is 0 Å². The molecular weight excluding hydrogens is 274 g/mol. The number of pyridine rings is 1. The van der Waals surface area contributed by atoms with Crippen LogP contribution in [-0.4, -0.2) is 11.7 Å². The number of nitrogens with zero attached hydrogens (tertiary/aromatic N) is 1. The third-order valence-electron chi connectivity index (χ3n) is 3.25. The Balaban J connectivity index is 2.46. The summed E-state index contributed by atoms with van der Waals surface area (Å²) in [4.78, 5) is 12.5. The van der Waals surface area contributed by atoms with Gasteiger partial charge in [0.25, 0.3) is 5.56 Å². The van der Waals surface area contributed by atoms with Crippen LogP contribution in [0, 0.1) is 0 Å². The molecule has 0 saturated carbocycles. The summed E-state index contributed by atoms with van der Waals surface area (Å²) < 4.78 is 7.03. The minimum atomic E-state index is -0.00528. The minimum Gasteiger partial charge on any atom is -0.496 e. The Morgan fingerprint density at radius 1 is 1.20 bits per heavy atom. The molecule has 0 N–H and O–H groups in total. The molecule has 4 heteroatoms. The molecule has 106 valence electrons. The smallest absolute Gasteiger partial charge is 0.258 e. The molecule has 0 spiro atoms. The Bertz CT molecular complexity index is 645. The van der Waals surface area contributed by atoms with Crippen molar-refractivity contribution in [2.75, 3.05) is 7.11 Å². The van der Waals surface area contributed by atoms with Crippen molar-refractivity contribution in [2.45, 2.75) is 26.3 Å². The van der Waals surface area contributed by atoms with Crippen LogP contribution in [0.25, 0.3) is 0 Å². The lowest BCUT2D eigenvalue weighted by atomic mass is 10.1. The summed E-state index contributed by atoms with van der Waals surface area (Å²) in [5.74, 6) is 0.627. The summed E-state index contributed by atoms with van der Waals surface area (Å²) in [6.07, 6.45) is 2.31. The second kappa shape index (κ2) is 6.14. The Morgan fingerprint density at radius 2 is 1.85 bits per heavy atom. The maximum atomic E-state index is 12.5. The number of ether oxygens (including phenoxy) is 1. The average molecular weight is 292 g/mol. The van der Waals surface area contributed by atoms with Crippen LogP contribution in [-0.2, 0) is 6.42 Å². The fraction of sp³-hybridized carbons (Fsp3) is 0.312. The molecule has 0 saturated heterocycles. The highest BCUT2D eigenvalue weighted by Crippen LogP contribution is 2.20. The minimum absolute atomic E-state index is 0.00528. The Hall–Kier alpha value is -1.74. The van der Waals surface area contributed by atoms with Gasteiger partial charge in [0.05, 0.1) is 12.7 Å². The molecule has 0 aliphatic carbocycles. The second-order valence-electron chi connectivity index (χ2n) is 4.97. The van der Waals surface area contributed by atoms with Crippen molar-refractivity contribution >= 4 is 11.6 Å². The molecule has 3 nitrogen and oxygen atoms in total. The van der Waals surface area contributed by atoms with Gasteiger partial charge < -0.3 is 9.30 Å². The molecule has 0 fully saturated rings. The number of aromatic nitrogens is 1. The summed E-state index contributed by atoms with van der Waals surface area (Å²) in [6, 6.07) is 9.46. The zero-order valence-electron chi connectivity index (χ0n) is 11.9. The molecule has 0 aliphatic rings. The van der Waals surface area contributed by atoms with E-state index in [2.05, 4.69) is 0 Å². The standard InChI is InChI=1S/C16H18ClNO2/c1-11(2)18-9-8-15(20-3)14(16(18)19)10-12-4-6-13(17)7-5-12/h4-9,11H,10H2,1-3H3. The topological polar surface area (TPSA) is 31.2 Å². The van der Waals surface area contributed by atoms with Gasteiger partial charge in [-0.05, 0) is 37.6 Å². The van der Waals surface area contributed by atoms with Gasteiger partial charge in [-0.2, -0.15) is 0 Å². The van der Waals surface area contributed by atoms with Gasteiger partial charge in [-0.25, -0.2) is 0 Å². The van der Waals surface area contributed by atoms with Crippen LogP contribution in [0.2, 0.25) is 5.02 Å². The monoisotopic (exact) mass is 291 g/mol. The van der Waals surface area contributed by atoms with Crippen LogP contribution in [0.5, 0.6) is 5.75 Å². The summed E-state index contributed by atoms with van der Waals surface area (Å²) >= 11 is 5.88. The SMILES string of the molecule is COc1ccn(C(C)C)c(=O)c1Cc1ccc(Cl)cc1. The first-order valence-electron chi connectivity index (χ1n) is 6.55. The number of benzene rings is 1. The number of methoxy groups -OCH3 is 1. The molecule has 2 aromatic rings. The van der Waals surface area contributed by atoms with Gasteiger partial charge in [0, 0.05) is 23.7 Å². The normalized spacial score (nSPS) is 10.8. The van der Waals surface area contributed by atoms with Gasteiger partial charge in [-0.3, -0.25) is 4.79 Å². The quantitative estimate of drug-likeness (QED) is 0.860. The van der Waals surface area contributed by atoms with E-state index in [1.807, 2.05) is 44.2 Å². The van der Waals surface area contributed by atoms with E-state index >= 15 is 0 Å². The van der Waals surface area contributed by atoms with Crippen molar-refractivity contribution in [1.29, 1.82) is 0 Å². The number of hydrogen-bond donors (Lipinski definition) is 0. The molecule has 0 unspecified atom stereocenters. The van der Waals surface area contributed by atoms with E-state index in [1.165, 1.54) is 0 Å². The fourth-order valence-corrected chi connectivity index (χ4v) is 2.27. The lowest BCUT2D eigenvalue weighted by Crippen LogP contribution is -2.25. The third kappa shape index (κ3) is 3.05. The molecule has 1 aromatic heterocycles. The molecule has 0 aliphatic heterocycles. The second-order valence-corrected chi connectivity index (χ2v) is 5.41. The number of hydrogen-bond acceptors (Lipinski definition) is 2. The van der Waals surface area contributed by atoms with Crippen molar-refractivity contribution in [3.05, 3.63) is 63.0 Å². The van der Waals surface area contributed by atoms with E-state index in [0.29, 0.717) is 22.8 Å². The third-order valence-corrected chi connectivity index (χ3v) is 3.50. The van der Waals surface area contributed by atoms with Gasteiger partial charge in [-0.15, -0.1) is 0 Å². The lowest BCUT2D eigenvalue weighted by molar-refractivity contribution is 0.405. The summed E-state index contributed by atoms with van der Waals surface area (Å²) in [6.45, 7) is 3.97. The highest BCUT2D eigenvalue weighted by atomic mass is 35.5. The van der Waals surface area contributed by atoms with E-state index in [1.54, 1.807) is 17.9 Å². The maximum Gasteiger partial charge on any atom is 0.258 e. The van der Waals surface area contributed by atoms with Crippen LogP contribution in [0.1, 0.15) is 31.0 Å². The predicted octanol–water partition coefficient (Wildman–Crippen LogP) is 3.68. The zero-order chi connectivity index (χ0) is 14.7. The average Bonchev–Trinajstić information content (AvgIpc) is 2.42. The molecule has 20 heavy (non-hydrogen) atoms. The molecule has 0 bridgehead atoms. The van der Waals surface area contributed by atoms with Crippen molar-refractivity contribution in [3.63, 3.8) is 0 Å². The first-order chi connectivity index (χ1) is 9.52. The fourth-order valence-electron chi connectivity index (χ4n) is 2.14. The molecular formula is C16H18ClNO2. The van der Waals surface area contributed by atoms with Crippen molar-refractivity contribution < 1.29 is 4.74 Å². The molecule has 1 aromatic carbocycles. The van der Waals surface area contributed by atoms with Gasteiger partial charge in [-0.1, -0.05) is 23.7 Å². The predicted molar refractivity (Wildman–Crippen MR) is 81.9 cm³/mol.